The lowest BCUT2D eigenvalue weighted by Crippen LogP contribution is -2.41. The van der Waals surface area contributed by atoms with Gasteiger partial charge in [-0.1, -0.05) is 18.2 Å². The van der Waals surface area contributed by atoms with E-state index in [9.17, 15) is 18.0 Å². The molecule has 36 heavy (non-hydrogen) atoms. The molecule has 1 saturated heterocycles. The smallest absolute Gasteiger partial charge is 0.439 e. The van der Waals surface area contributed by atoms with Crippen LogP contribution in [-0.4, -0.2) is 29.2 Å². The molecule has 2 aromatic carbocycles. The van der Waals surface area contributed by atoms with Crippen molar-refractivity contribution in [2.45, 2.75) is 52.0 Å². The number of para-hydroxylation sites is 1. The number of nitrogens with one attached hydrogen (secondary N) is 1. The zero-order chi connectivity index (χ0) is 26.3. The van der Waals surface area contributed by atoms with E-state index in [4.69, 9.17) is 14.0 Å². The first-order valence-corrected chi connectivity index (χ1v) is 11.3. The predicted octanol–water partition coefficient (Wildman–Crippen LogP) is 5.75. The third-order valence-corrected chi connectivity index (χ3v) is 6.43. The molecule has 3 aromatic rings. The first-order chi connectivity index (χ1) is 16.8. The van der Waals surface area contributed by atoms with Gasteiger partial charge in [-0.3, -0.25) is 4.79 Å². The molecule has 1 N–H and O–H groups in total. The van der Waals surface area contributed by atoms with Crippen LogP contribution in [0.3, 0.4) is 0 Å². The van der Waals surface area contributed by atoms with Crippen molar-refractivity contribution in [3.8, 4) is 11.6 Å². The Labute approximate surface area is 207 Å². The van der Waals surface area contributed by atoms with Gasteiger partial charge in [-0.05, 0) is 70.5 Å². The third kappa shape index (κ3) is 5.24. The number of rotatable bonds is 5. The molecule has 0 bridgehead atoms. The summed E-state index contributed by atoms with van der Waals surface area (Å²) in [5, 5.41) is 2.92. The Kier molecular flexibility index (Phi) is 6.61. The molecule has 10 heteroatoms. The average molecular weight is 498 g/mol. The number of anilines is 1. The Morgan fingerprint density at radius 1 is 1.00 bits per heavy atom. The number of alkyl halides is 3. The monoisotopic (exact) mass is 498 g/mol. The molecule has 6 nitrogen and oxygen atoms in total. The number of pyridine rings is 1. The summed E-state index contributed by atoms with van der Waals surface area (Å²) in [6.45, 7) is 9.57. The molecule has 2 heterocycles. The topological polar surface area (TPSA) is 69.7 Å². The highest BCUT2D eigenvalue weighted by Crippen LogP contribution is 2.37. The molecule has 0 unspecified atom stereocenters. The van der Waals surface area contributed by atoms with Crippen LogP contribution in [0.1, 0.15) is 49.2 Å². The van der Waals surface area contributed by atoms with E-state index >= 15 is 0 Å². The highest BCUT2D eigenvalue weighted by molar-refractivity contribution is 6.64. The number of carbonyl (C=O) groups excluding carboxylic acids is 1. The molecule has 4 rings (SSSR count). The molecule has 1 aliphatic heterocycles. The van der Waals surface area contributed by atoms with E-state index < -0.39 is 30.1 Å². The van der Waals surface area contributed by atoms with E-state index in [0.29, 0.717) is 34.2 Å². The van der Waals surface area contributed by atoms with Gasteiger partial charge >= 0.3 is 13.3 Å². The minimum absolute atomic E-state index is 0.0136. The second kappa shape index (κ2) is 9.26. The molecular weight excluding hydrogens is 472 g/mol. The Balaban J connectivity index is 1.49. The van der Waals surface area contributed by atoms with Gasteiger partial charge in [0, 0.05) is 29.0 Å². The predicted molar refractivity (Wildman–Crippen MR) is 131 cm³/mol. The minimum Gasteiger partial charge on any atom is -0.439 e. The molecule has 188 valence electrons. The molecule has 0 aliphatic carbocycles. The SMILES string of the molecule is Cc1cc(C(=O)Nc2ccccc2B2OC(C)(C)C(C)(C)O2)ccc1Oc1ccc(C(F)(F)F)cn1. The maximum absolute atomic E-state index is 13.0. The molecule has 0 atom stereocenters. The number of hydrogen-bond acceptors (Lipinski definition) is 5. The van der Waals surface area contributed by atoms with Crippen molar-refractivity contribution in [3.63, 3.8) is 0 Å². The van der Waals surface area contributed by atoms with Crippen molar-refractivity contribution in [2.24, 2.45) is 0 Å². The van der Waals surface area contributed by atoms with E-state index in [-0.39, 0.29) is 11.8 Å². The van der Waals surface area contributed by atoms with E-state index in [1.807, 2.05) is 45.9 Å². The Hall–Kier alpha value is -3.37. The summed E-state index contributed by atoms with van der Waals surface area (Å²) >= 11 is 0. The Morgan fingerprint density at radius 3 is 2.25 bits per heavy atom. The maximum atomic E-state index is 13.0. The summed E-state index contributed by atoms with van der Waals surface area (Å²) in [7, 11) is -0.639. The van der Waals surface area contributed by atoms with Crippen molar-refractivity contribution in [3.05, 3.63) is 77.5 Å². The van der Waals surface area contributed by atoms with Crippen LogP contribution in [-0.2, 0) is 15.5 Å². The van der Waals surface area contributed by atoms with Crippen molar-refractivity contribution in [1.82, 2.24) is 4.98 Å². The summed E-state index contributed by atoms with van der Waals surface area (Å²) in [6, 6.07) is 14.1. The van der Waals surface area contributed by atoms with Gasteiger partial charge < -0.3 is 19.4 Å². The lowest BCUT2D eigenvalue weighted by molar-refractivity contribution is -0.137. The zero-order valence-electron chi connectivity index (χ0n) is 20.6. The summed E-state index contributed by atoms with van der Waals surface area (Å²) < 4.78 is 56.1. The molecule has 0 saturated carbocycles. The lowest BCUT2D eigenvalue weighted by Gasteiger charge is -2.32. The van der Waals surface area contributed by atoms with Gasteiger partial charge in [0.05, 0.1) is 16.8 Å². The summed E-state index contributed by atoms with van der Waals surface area (Å²) in [5.41, 5.74) is 0.349. The number of benzene rings is 2. The van der Waals surface area contributed by atoms with Crippen LogP contribution in [0, 0.1) is 6.92 Å². The standard InChI is InChI=1S/C26H26BF3N2O4/c1-16-14-17(10-12-21(16)34-22-13-11-18(15-31-22)26(28,29)30)23(33)32-20-9-7-6-8-19(20)27-35-24(2,3)25(4,5)36-27/h6-15H,1-5H3,(H,32,33). The Bertz CT molecular complexity index is 1260. The lowest BCUT2D eigenvalue weighted by atomic mass is 9.77. The molecule has 1 aliphatic rings. The number of ether oxygens (including phenoxy) is 1. The fraction of sp³-hybridized carbons (Fsp3) is 0.308. The minimum atomic E-state index is -4.47. The van der Waals surface area contributed by atoms with Crippen LogP contribution >= 0.6 is 0 Å². The molecule has 1 fully saturated rings. The number of aromatic nitrogens is 1. The third-order valence-electron chi connectivity index (χ3n) is 6.43. The average Bonchev–Trinajstić information content (AvgIpc) is 3.02. The summed E-state index contributed by atoms with van der Waals surface area (Å²) in [5.74, 6) is 0.0392. The van der Waals surface area contributed by atoms with Crippen molar-refractivity contribution in [1.29, 1.82) is 0 Å². The normalized spacial score (nSPS) is 16.6. The van der Waals surface area contributed by atoms with Crippen LogP contribution in [0.4, 0.5) is 18.9 Å². The largest absolute Gasteiger partial charge is 0.496 e. The van der Waals surface area contributed by atoms with E-state index in [1.54, 1.807) is 31.2 Å². The highest BCUT2D eigenvalue weighted by atomic mass is 19.4. The van der Waals surface area contributed by atoms with Crippen LogP contribution < -0.4 is 15.5 Å². The number of hydrogen-bond donors (Lipinski definition) is 1. The van der Waals surface area contributed by atoms with E-state index in [1.165, 1.54) is 0 Å². The van der Waals surface area contributed by atoms with Gasteiger partial charge in [0.1, 0.15) is 5.75 Å². The zero-order valence-corrected chi connectivity index (χ0v) is 20.6. The first kappa shape index (κ1) is 25.7. The van der Waals surface area contributed by atoms with Crippen LogP contribution in [0.15, 0.2) is 60.8 Å². The van der Waals surface area contributed by atoms with Gasteiger partial charge in [-0.15, -0.1) is 0 Å². The number of aryl methyl sites for hydroxylation is 1. The van der Waals surface area contributed by atoms with Gasteiger partial charge in [0.2, 0.25) is 5.88 Å². The molecule has 0 radical (unpaired) electrons. The number of nitrogens with zero attached hydrogens (tertiary/aromatic N) is 1. The van der Waals surface area contributed by atoms with Gasteiger partial charge in [0.15, 0.2) is 0 Å². The van der Waals surface area contributed by atoms with Crippen molar-refractivity contribution >= 4 is 24.2 Å². The Morgan fingerprint density at radius 2 is 1.67 bits per heavy atom. The fourth-order valence-corrected chi connectivity index (χ4v) is 3.61. The second-order valence-corrected chi connectivity index (χ2v) is 9.59. The van der Waals surface area contributed by atoms with Crippen LogP contribution in [0.2, 0.25) is 0 Å². The first-order valence-electron chi connectivity index (χ1n) is 11.3. The summed E-state index contributed by atoms with van der Waals surface area (Å²) in [6.07, 6.45) is -3.76. The quantitative estimate of drug-likeness (QED) is 0.454. The van der Waals surface area contributed by atoms with Crippen LogP contribution in [0.5, 0.6) is 11.6 Å². The van der Waals surface area contributed by atoms with Crippen molar-refractivity contribution < 1.29 is 32.0 Å². The second-order valence-electron chi connectivity index (χ2n) is 9.59. The maximum Gasteiger partial charge on any atom is 0.496 e. The molecule has 1 amide bonds. The highest BCUT2D eigenvalue weighted by Gasteiger charge is 2.52. The van der Waals surface area contributed by atoms with E-state index in [2.05, 4.69) is 10.3 Å². The molecule has 1 aromatic heterocycles. The molecule has 0 spiro atoms. The van der Waals surface area contributed by atoms with Gasteiger partial charge in [-0.25, -0.2) is 4.98 Å². The number of halogens is 3. The van der Waals surface area contributed by atoms with Crippen LogP contribution in [0.25, 0.3) is 0 Å². The fourth-order valence-electron chi connectivity index (χ4n) is 3.61. The number of amides is 1. The molecular formula is C26H26BF3N2O4. The number of carbonyl (C=O) groups is 1. The van der Waals surface area contributed by atoms with Gasteiger partial charge in [0.25, 0.3) is 5.91 Å². The van der Waals surface area contributed by atoms with E-state index in [0.717, 1.165) is 12.1 Å². The van der Waals surface area contributed by atoms with Crippen molar-refractivity contribution in [2.75, 3.05) is 5.32 Å². The summed E-state index contributed by atoms with van der Waals surface area (Å²) in [4.78, 5) is 16.8. The van der Waals surface area contributed by atoms with Gasteiger partial charge in [-0.2, -0.15) is 13.2 Å².